The van der Waals surface area contributed by atoms with E-state index in [1.807, 2.05) is 6.92 Å². The molecule has 1 atom stereocenters. The Morgan fingerprint density at radius 2 is 0.938 bits per heavy atom. The molecule has 0 fully saturated rings. The van der Waals surface area contributed by atoms with E-state index in [2.05, 4.69) is 166 Å². The average molecular weight is 765 g/mol. The molecule has 0 aliphatic heterocycles. The fourth-order valence-electron chi connectivity index (χ4n) is 5.62. The van der Waals surface area contributed by atoms with Crippen LogP contribution in [0.15, 0.2) is 152 Å². The minimum atomic E-state index is -2.52. The van der Waals surface area contributed by atoms with Crippen LogP contribution < -0.4 is 26.5 Å². The molecule has 9 heteroatoms. The number of hydrogen-bond acceptors (Lipinski definition) is 4. The first-order chi connectivity index (χ1) is 23.1. The van der Waals surface area contributed by atoms with Gasteiger partial charge in [-0.1, -0.05) is 91.0 Å². The van der Waals surface area contributed by atoms with Crippen LogP contribution in [0.1, 0.15) is 13.3 Å². The molecule has 0 aromatic heterocycles. The van der Waals surface area contributed by atoms with E-state index >= 15 is 0 Å². The van der Waals surface area contributed by atoms with Crippen molar-refractivity contribution in [2.24, 2.45) is 0 Å². The number of rotatable bonds is 16. The van der Waals surface area contributed by atoms with Crippen LogP contribution in [0.4, 0.5) is 0 Å². The van der Waals surface area contributed by atoms with Crippen molar-refractivity contribution in [1.29, 1.82) is 0 Å². The van der Waals surface area contributed by atoms with Crippen molar-refractivity contribution in [3.05, 3.63) is 152 Å². The molecular weight excluding hydrogens is 715 g/mol. The van der Waals surface area contributed by atoms with Crippen molar-refractivity contribution in [2.75, 3.05) is 39.9 Å². The van der Waals surface area contributed by atoms with Crippen molar-refractivity contribution in [3.63, 3.8) is 0 Å². The number of hydrogen-bond donors (Lipinski definition) is 0. The van der Waals surface area contributed by atoms with Gasteiger partial charge in [-0.15, -0.1) is 9.24 Å². The van der Waals surface area contributed by atoms with E-state index in [1.165, 1.54) is 26.5 Å². The van der Waals surface area contributed by atoms with E-state index in [1.54, 1.807) is 14.2 Å². The van der Waals surface area contributed by atoms with Gasteiger partial charge in [-0.25, -0.2) is 0 Å². The molecule has 0 aliphatic rings. The first-order valence-corrected chi connectivity index (χ1v) is 22.2. The third kappa shape index (κ3) is 12.4. The summed E-state index contributed by atoms with van der Waals surface area (Å²) in [5.74, 6) is 0. The molecule has 0 amide bonds. The zero-order valence-electron chi connectivity index (χ0n) is 28.2. The molecule has 5 aromatic rings. The summed E-state index contributed by atoms with van der Waals surface area (Å²) < 4.78 is 17.1. The number of benzene rings is 5. The standard InChI is InChI=1S/C21H33NO3P2Si.C18H15P.Cu/c1-4-25-28(23-2,24-3)17-11-16-22(18-26)19-27(20-12-7-5-8-13-20)21-14-9-6-10-15-21;1-4-10-16(11-5-1)19(17-12-6-2-7-13-17)18-14-8-3-9-15-18;/h5-10,12-15H,4,11,16-19,26H2,1-3H3;1-15H;/q;;+1/p+2. The van der Waals surface area contributed by atoms with Gasteiger partial charge in [0.15, 0.2) is 0 Å². The van der Waals surface area contributed by atoms with E-state index < -0.39 is 24.6 Å². The van der Waals surface area contributed by atoms with Crippen molar-refractivity contribution >= 4 is 60.4 Å². The predicted octanol–water partition coefficient (Wildman–Crippen LogP) is 6.78. The fraction of sp³-hybridized carbons (Fsp3) is 0.231. The van der Waals surface area contributed by atoms with Crippen LogP contribution in [0.5, 0.6) is 0 Å². The Morgan fingerprint density at radius 1 is 0.583 bits per heavy atom. The Labute approximate surface area is 305 Å². The molecule has 256 valence electrons. The molecule has 5 aromatic carbocycles. The van der Waals surface area contributed by atoms with Gasteiger partial charge in [0.1, 0.15) is 22.2 Å². The van der Waals surface area contributed by atoms with Crippen LogP contribution in [0.25, 0.3) is 0 Å². The van der Waals surface area contributed by atoms with Gasteiger partial charge < -0.3 is 13.3 Å². The summed E-state index contributed by atoms with van der Waals surface area (Å²) in [6.45, 7) is 3.62. The van der Waals surface area contributed by atoms with Crippen molar-refractivity contribution in [3.8, 4) is 0 Å². The summed E-state index contributed by atoms with van der Waals surface area (Å²) >= 11 is 0. The molecule has 0 N–H and O–H groups in total. The van der Waals surface area contributed by atoms with Crippen LogP contribution in [-0.4, -0.2) is 53.6 Å². The fourth-order valence-corrected chi connectivity index (χ4v) is 13.4. The second kappa shape index (κ2) is 22.6. The molecule has 0 radical (unpaired) electrons. The van der Waals surface area contributed by atoms with Gasteiger partial charge >= 0.3 is 25.9 Å². The Bertz CT molecular complexity index is 1390. The Kier molecular flexibility index (Phi) is 19.1. The van der Waals surface area contributed by atoms with Crippen LogP contribution in [0, 0.1) is 0 Å². The van der Waals surface area contributed by atoms with Gasteiger partial charge in [-0.3, -0.25) is 4.90 Å². The molecule has 0 bridgehead atoms. The molecule has 5 rings (SSSR count). The Hall–Kier alpha value is -2.03. The van der Waals surface area contributed by atoms with Gasteiger partial charge in [-0.05, 0) is 74.0 Å². The molecule has 48 heavy (non-hydrogen) atoms. The maximum atomic E-state index is 5.84. The zero-order chi connectivity index (χ0) is 33.2. The summed E-state index contributed by atoms with van der Waals surface area (Å²) in [6, 6.07) is 55.2. The summed E-state index contributed by atoms with van der Waals surface area (Å²) in [5.41, 5.74) is 0. The molecule has 1 unspecified atom stereocenters. The van der Waals surface area contributed by atoms with Crippen LogP contribution in [0.2, 0.25) is 6.04 Å². The smallest absolute Gasteiger partial charge is 0.377 e. The summed E-state index contributed by atoms with van der Waals surface area (Å²) in [7, 11) is 2.03. The SMILES string of the molecule is CCO[Si](CCCN(CP)C[PH+](c1ccccc1)c1ccccc1)(OC)OC.[Cu+].c1ccc([PH+](c2ccccc2)c2ccccc2)cc1. The molecule has 0 spiro atoms. The molecule has 0 heterocycles. The van der Waals surface area contributed by atoms with E-state index in [9.17, 15) is 0 Å². The van der Waals surface area contributed by atoms with Gasteiger partial charge in [0.25, 0.3) is 0 Å². The topological polar surface area (TPSA) is 30.9 Å². The minimum absolute atomic E-state index is 0. The first-order valence-electron chi connectivity index (χ1n) is 16.3. The van der Waals surface area contributed by atoms with E-state index in [4.69, 9.17) is 13.3 Å². The van der Waals surface area contributed by atoms with Crippen LogP contribution in [-0.2, 0) is 30.3 Å². The van der Waals surface area contributed by atoms with Gasteiger partial charge in [0.2, 0.25) is 0 Å². The summed E-state index contributed by atoms with van der Waals surface area (Å²) in [4.78, 5) is 2.52. The first kappa shape index (κ1) is 40.4. The quantitative estimate of drug-likeness (QED) is 0.0820. The second-order valence-electron chi connectivity index (χ2n) is 11.0. The van der Waals surface area contributed by atoms with E-state index in [0.717, 1.165) is 31.6 Å². The largest absolute Gasteiger partial charge is 1.00 e. The van der Waals surface area contributed by atoms with Crippen molar-refractivity contribution < 1.29 is 30.3 Å². The predicted molar refractivity (Wildman–Crippen MR) is 214 cm³/mol. The van der Waals surface area contributed by atoms with Crippen LogP contribution >= 0.6 is 25.1 Å². The van der Waals surface area contributed by atoms with Gasteiger partial charge in [0, 0.05) is 39.7 Å². The third-order valence-electron chi connectivity index (χ3n) is 8.02. The third-order valence-corrected chi connectivity index (χ3v) is 17.0. The maximum Gasteiger partial charge on any atom is 1.00 e. The normalized spacial score (nSPS) is 11.2. The molecule has 0 saturated heterocycles. The van der Waals surface area contributed by atoms with Gasteiger partial charge in [-0.2, -0.15) is 0 Å². The summed E-state index contributed by atoms with van der Waals surface area (Å²) in [5, 5.41) is 7.21. The maximum absolute atomic E-state index is 5.84. The number of nitrogens with zero attached hydrogens (tertiary/aromatic N) is 1. The van der Waals surface area contributed by atoms with E-state index in [0.29, 0.717) is 6.61 Å². The molecule has 0 aliphatic carbocycles. The monoisotopic (exact) mass is 764 g/mol. The average Bonchev–Trinajstić information content (AvgIpc) is 3.15. The Morgan fingerprint density at radius 3 is 1.25 bits per heavy atom. The van der Waals surface area contributed by atoms with E-state index in [-0.39, 0.29) is 17.1 Å². The Balaban J connectivity index is 0.000000272. The molecular formula is C39H50CuNO3P3Si+3. The summed E-state index contributed by atoms with van der Waals surface area (Å²) in [6.07, 6.45) is 3.03. The minimum Gasteiger partial charge on any atom is -0.377 e. The molecule has 0 saturated carbocycles. The zero-order valence-corrected chi connectivity index (χ0v) is 33.3. The van der Waals surface area contributed by atoms with Crippen molar-refractivity contribution in [2.45, 2.75) is 19.4 Å². The van der Waals surface area contributed by atoms with Crippen molar-refractivity contribution in [1.82, 2.24) is 4.90 Å². The van der Waals surface area contributed by atoms with Crippen LogP contribution in [0.3, 0.4) is 0 Å². The van der Waals surface area contributed by atoms with Gasteiger partial charge in [0.05, 0.1) is 26.5 Å². The second-order valence-corrected chi connectivity index (χ2v) is 19.3. The molecule has 4 nitrogen and oxygen atoms in total.